The lowest BCUT2D eigenvalue weighted by Crippen LogP contribution is -2.26. The van der Waals surface area contributed by atoms with Crippen molar-refractivity contribution in [2.45, 2.75) is 19.0 Å². The Hall–Kier alpha value is -0.570. The van der Waals surface area contributed by atoms with Crippen LogP contribution < -0.4 is 5.73 Å². The molecule has 0 saturated carbocycles. The van der Waals surface area contributed by atoms with Gasteiger partial charge in [-0.3, -0.25) is 4.90 Å². The molecular formula is C11H15ClN2. The van der Waals surface area contributed by atoms with E-state index in [0.717, 1.165) is 31.1 Å². The summed E-state index contributed by atoms with van der Waals surface area (Å²) in [6.07, 6.45) is 1.10. The molecule has 0 spiro atoms. The van der Waals surface area contributed by atoms with E-state index in [1.807, 2.05) is 18.2 Å². The van der Waals surface area contributed by atoms with Gasteiger partial charge in [0.05, 0.1) is 0 Å². The number of rotatable bonds is 2. The van der Waals surface area contributed by atoms with E-state index in [9.17, 15) is 0 Å². The fraction of sp³-hybridized carbons (Fsp3) is 0.455. The zero-order valence-corrected chi connectivity index (χ0v) is 8.87. The zero-order chi connectivity index (χ0) is 9.97. The number of hydrogen-bond donors (Lipinski definition) is 1. The molecule has 1 saturated heterocycles. The van der Waals surface area contributed by atoms with E-state index in [0.29, 0.717) is 6.04 Å². The number of halogens is 1. The standard InChI is InChI=1S/C11H15ClN2/c12-11-4-2-1-3-9(11)7-14-6-5-10(13)8-14/h1-4,10H,5-8,13H2/t10-/m0/s1. The van der Waals surface area contributed by atoms with Crippen molar-refractivity contribution in [2.75, 3.05) is 13.1 Å². The first-order valence-corrected chi connectivity index (χ1v) is 5.35. The second-order valence-corrected chi connectivity index (χ2v) is 4.28. The van der Waals surface area contributed by atoms with Gasteiger partial charge in [0.15, 0.2) is 0 Å². The smallest absolute Gasteiger partial charge is 0.0451 e. The second kappa shape index (κ2) is 4.30. The van der Waals surface area contributed by atoms with Crippen molar-refractivity contribution in [3.63, 3.8) is 0 Å². The fourth-order valence-corrected chi connectivity index (χ4v) is 2.07. The SMILES string of the molecule is N[C@H]1CCN(Cc2ccccc2Cl)C1. The van der Waals surface area contributed by atoms with Crippen molar-refractivity contribution in [1.29, 1.82) is 0 Å². The summed E-state index contributed by atoms with van der Waals surface area (Å²) in [7, 11) is 0. The van der Waals surface area contributed by atoms with Gasteiger partial charge in [0.25, 0.3) is 0 Å². The van der Waals surface area contributed by atoms with Gasteiger partial charge in [-0.05, 0) is 18.1 Å². The third kappa shape index (κ3) is 2.27. The average Bonchev–Trinajstić information content (AvgIpc) is 2.56. The summed E-state index contributed by atoms with van der Waals surface area (Å²) in [5, 5.41) is 0.855. The lowest BCUT2D eigenvalue weighted by Gasteiger charge is -2.15. The van der Waals surface area contributed by atoms with Crippen molar-refractivity contribution in [3.8, 4) is 0 Å². The van der Waals surface area contributed by atoms with Crippen LogP contribution in [0, 0.1) is 0 Å². The van der Waals surface area contributed by atoms with Crippen LogP contribution in [-0.2, 0) is 6.54 Å². The second-order valence-electron chi connectivity index (χ2n) is 3.88. The van der Waals surface area contributed by atoms with E-state index in [4.69, 9.17) is 17.3 Å². The molecule has 0 aliphatic carbocycles. The molecule has 3 heteroatoms. The molecule has 0 unspecified atom stereocenters. The van der Waals surface area contributed by atoms with Crippen LogP contribution in [0.25, 0.3) is 0 Å². The van der Waals surface area contributed by atoms with Gasteiger partial charge in [0.1, 0.15) is 0 Å². The Labute approximate surface area is 89.7 Å². The van der Waals surface area contributed by atoms with Crippen LogP contribution in [0.15, 0.2) is 24.3 Å². The molecule has 0 aromatic heterocycles. The molecule has 76 valence electrons. The average molecular weight is 211 g/mol. The minimum Gasteiger partial charge on any atom is -0.326 e. The third-order valence-electron chi connectivity index (χ3n) is 2.66. The minimum atomic E-state index is 0.345. The van der Waals surface area contributed by atoms with Gasteiger partial charge in [-0.1, -0.05) is 29.8 Å². The molecule has 1 heterocycles. The first-order valence-electron chi connectivity index (χ1n) is 4.97. The van der Waals surface area contributed by atoms with E-state index >= 15 is 0 Å². The fourth-order valence-electron chi connectivity index (χ4n) is 1.87. The molecule has 0 bridgehead atoms. The molecule has 2 rings (SSSR count). The van der Waals surface area contributed by atoms with E-state index in [1.54, 1.807) is 0 Å². The van der Waals surface area contributed by atoms with Crippen molar-refractivity contribution in [2.24, 2.45) is 5.73 Å². The summed E-state index contributed by atoms with van der Waals surface area (Å²) in [5.74, 6) is 0. The topological polar surface area (TPSA) is 29.3 Å². The number of nitrogens with two attached hydrogens (primary N) is 1. The molecule has 1 aromatic rings. The van der Waals surface area contributed by atoms with Gasteiger partial charge in [-0.2, -0.15) is 0 Å². The predicted octanol–water partition coefficient (Wildman–Crippen LogP) is 1.87. The van der Waals surface area contributed by atoms with Gasteiger partial charge in [0, 0.05) is 30.7 Å². The molecule has 1 aliphatic rings. The highest BCUT2D eigenvalue weighted by molar-refractivity contribution is 6.31. The number of nitrogens with zero attached hydrogens (tertiary/aromatic N) is 1. The number of hydrogen-bond acceptors (Lipinski definition) is 2. The summed E-state index contributed by atoms with van der Waals surface area (Å²) in [6, 6.07) is 8.34. The van der Waals surface area contributed by atoms with Crippen molar-refractivity contribution < 1.29 is 0 Å². The van der Waals surface area contributed by atoms with Gasteiger partial charge >= 0.3 is 0 Å². The van der Waals surface area contributed by atoms with Crippen LogP contribution in [0.4, 0.5) is 0 Å². The first kappa shape index (κ1) is 9.97. The molecular weight excluding hydrogens is 196 g/mol. The van der Waals surface area contributed by atoms with Crippen LogP contribution in [0.3, 0.4) is 0 Å². The highest BCUT2D eigenvalue weighted by atomic mass is 35.5. The molecule has 0 amide bonds. The predicted molar refractivity (Wildman–Crippen MR) is 59.3 cm³/mol. The molecule has 1 aliphatic heterocycles. The first-order chi connectivity index (χ1) is 6.75. The number of likely N-dealkylation sites (tertiary alicyclic amines) is 1. The minimum absolute atomic E-state index is 0.345. The highest BCUT2D eigenvalue weighted by Crippen LogP contribution is 2.19. The molecule has 2 nitrogen and oxygen atoms in total. The largest absolute Gasteiger partial charge is 0.326 e. The molecule has 0 radical (unpaired) electrons. The Morgan fingerprint density at radius 2 is 2.21 bits per heavy atom. The summed E-state index contributed by atoms with van der Waals surface area (Å²) >= 11 is 6.08. The normalized spacial score (nSPS) is 22.9. The third-order valence-corrected chi connectivity index (χ3v) is 3.03. The van der Waals surface area contributed by atoms with Crippen LogP contribution in [0.1, 0.15) is 12.0 Å². The summed E-state index contributed by atoms with van der Waals surface area (Å²) in [6.45, 7) is 3.00. The Balaban J connectivity index is 2.01. The molecule has 1 atom stereocenters. The molecule has 14 heavy (non-hydrogen) atoms. The molecule has 1 aromatic carbocycles. The number of benzene rings is 1. The van der Waals surface area contributed by atoms with E-state index in [2.05, 4.69) is 11.0 Å². The highest BCUT2D eigenvalue weighted by Gasteiger charge is 2.19. The van der Waals surface area contributed by atoms with Gasteiger partial charge in [0.2, 0.25) is 0 Å². The Kier molecular flexibility index (Phi) is 3.06. The van der Waals surface area contributed by atoms with E-state index in [1.165, 1.54) is 5.56 Å². The summed E-state index contributed by atoms with van der Waals surface area (Å²) in [5.41, 5.74) is 7.04. The maximum atomic E-state index is 6.08. The van der Waals surface area contributed by atoms with E-state index in [-0.39, 0.29) is 0 Å². The Morgan fingerprint density at radius 1 is 1.43 bits per heavy atom. The monoisotopic (exact) mass is 210 g/mol. The summed E-state index contributed by atoms with van der Waals surface area (Å²) < 4.78 is 0. The van der Waals surface area contributed by atoms with E-state index < -0.39 is 0 Å². The Morgan fingerprint density at radius 3 is 2.86 bits per heavy atom. The lowest BCUT2D eigenvalue weighted by molar-refractivity contribution is 0.327. The van der Waals surface area contributed by atoms with Crippen molar-refractivity contribution in [1.82, 2.24) is 4.90 Å². The van der Waals surface area contributed by atoms with Gasteiger partial charge in [-0.15, -0.1) is 0 Å². The van der Waals surface area contributed by atoms with Gasteiger partial charge in [-0.25, -0.2) is 0 Å². The molecule has 1 fully saturated rings. The quantitative estimate of drug-likeness (QED) is 0.808. The van der Waals surface area contributed by atoms with Crippen LogP contribution in [0.5, 0.6) is 0 Å². The van der Waals surface area contributed by atoms with Crippen LogP contribution in [0.2, 0.25) is 5.02 Å². The maximum Gasteiger partial charge on any atom is 0.0451 e. The van der Waals surface area contributed by atoms with Crippen molar-refractivity contribution in [3.05, 3.63) is 34.9 Å². The summed E-state index contributed by atoms with van der Waals surface area (Å²) in [4.78, 5) is 2.35. The van der Waals surface area contributed by atoms with Crippen molar-refractivity contribution >= 4 is 11.6 Å². The Bertz CT molecular complexity index is 314. The maximum absolute atomic E-state index is 6.08. The molecule has 2 N–H and O–H groups in total. The van der Waals surface area contributed by atoms with Crippen LogP contribution in [-0.4, -0.2) is 24.0 Å². The lowest BCUT2D eigenvalue weighted by atomic mass is 10.2. The zero-order valence-electron chi connectivity index (χ0n) is 8.12. The van der Waals surface area contributed by atoms with Gasteiger partial charge < -0.3 is 5.73 Å². The van der Waals surface area contributed by atoms with Crippen LogP contribution >= 0.6 is 11.6 Å².